The number of carboxylic acid groups (broad SMARTS) is 1. The van der Waals surface area contributed by atoms with E-state index >= 15 is 0 Å². The van der Waals surface area contributed by atoms with Gasteiger partial charge < -0.3 is 37.0 Å². The molecule has 0 aliphatic rings. The molecule has 11 nitrogen and oxygen atoms in total. The smallest absolute Gasteiger partial charge is 0.326 e. The number of rotatable bonds is 14. The van der Waals surface area contributed by atoms with Crippen molar-refractivity contribution >= 4 is 23.7 Å². The average molecular weight is 557 g/mol. The molecule has 0 saturated carbocycles. The Morgan fingerprint density at radius 1 is 0.725 bits per heavy atom. The normalized spacial score (nSPS) is 14.8. The number of aromatic hydroxyl groups is 2. The molecular formula is C29H40N4O7. The van der Waals surface area contributed by atoms with Gasteiger partial charge in [-0.25, -0.2) is 4.79 Å². The molecule has 0 aliphatic carbocycles. The number of benzene rings is 2. The standard InChI is InChI=1S/C29H40N4O7/c1-5-17(4)25(33-26(36)22(30)14-18-6-10-20(34)11-7-18)28(38)31-23(15-19-8-12-21(35)13-9-19)27(37)32-24(16(2)3)29(39)40/h6-13,16-17,22-25,34-35H,5,14-15,30H2,1-4H3,(H,31,38)(H,32,37)(H,33,36)(H,39,40). The summed E-state index contributed by atoms with van der Waals surface area (Å²) in [6.07, 6.45) is 0.733. The van der Waals surface area contributed by atoms with Crippen molar-refractivity contribution in [3.63, 3.8) is 0 Å². The number of phenolic OH excluding ortho intramolecular Hbond substituents is 2. The quantitative estimate of drug-likeness (QED) is 0.182. The van der Waals surface area contributed by atoms with Crippen LogP contribution in [0, 0.1) is 11.8 Å². The van der Waals surface area contributed by atoms with Crippen molar-refractivity contribution in [3.8, 4) is 11.5 Å². The molecule has 2 aromatic rings. The first kappa shape index (κ1) is 32.1. The third-order valence-electron chi connectivity index (χ3n) is 6.76. The van der Waals surface area contributed by atoms with Crippen LogP contribution in [0.1, 0.15) is 45.2 Å². The summed E-state index contributed by atoms with van der Waals surface area (Å²) in [5.74, 6) is -3.68. The highest BCUT2D eigenvalue weighted by Gasteiger charge is 2.33. The highest BCUT2D eigenvalue weighted by atomic mass is 16.4. The summed E-state index contributed by atoms with van der Waals surface area (Å²) in [4.78, 5) is 51.3. The lowest BCUT2D eigenvalue weighted by atomic mass is 9.96. The second kappa shape index (κ2) is 14.9. The number of carboxylic acids is 1. The van der Waals surface area contributed by atoms with Crippen LogP contribution in [0.4, 0.5) is 0 Å². The van der Waals surface area contributed by atoms with Crippen LogP contribution < -0.4 is 21.7 Å². The lowest BCUT2D eigenvalue weighted by Crippen LogP contribution is -2.59. The van der Waals surface area contributed by atoms with Gasteiger partial charge in [0, 0.05) is 6.42 Å². The maximum atomic E-state index is 13.5. The molecule has 3 amide bonds. The highest BCUT2D eigenvalue weighted by molar-refractivity contribution is 5.94. The number of hydrogen-bond acceptors (Lipinski definition) is 7. The number of nitrogens with two attached hydrogens (primary N) is 1. The molecule has 2 aromatic carbocycles. The van der Waals surface area contributed by atoms with Gasteiger partial charge in [0.25, 0.3) is 0 Å². The molecule has 0 heterocycles. The fourth-order valence-corrected chi connectivity index (χ4v) is 4.05. The second-order valence-corrected chi connectivity index (χ2v) is 10.3. The van der Waals surface area contributed by atoms with Crippen molar-refractivity contribution in [3.05, 3.63) is 59.7 Å². The number of nitrogens with one attached hydrogen (secondary N) is 3. The van der Waals surface area contributed by atoms with Crippen LogP contribution in [-0.4, -0.2) is 63.2 Å². The molecule has 2 rings (SSSR count). The Kier molecular flexibility index (Phi) is 11.9. The third kappa shape index (κ3) is 9.57. The maximum Gasteiger partial charge on any atom is 0.326 e. The lowest BCUT2D eigenvalue weighted by Gasteiger charge is -2.28. The number of hydrogen-bond donors (Lipinski definition) is 7. The fourth-order valence-electron chi connectivity index (χ4n) is 4.05. The van der Waals surface area contributed by atoms with E-state index in [4.69, 9.17) is 5.73 Å². The molecule has 5 atom stereocenters. The molecule has 11 heteroatoms. The number of aliphatic carboxylic acids is 1. The van der Waals surface area contributed by atoms with Gasteiger partial charge in [-0.3, -0.25) is 14.4 Å². The number of amides is 3. The molecule has 0 fully saturated rings. The zero-order valence-corrected chi connectivity index (χ0v) is 23.3. The molecule has 8 N–H and O–H groups in total. The molecule has 218 valence electrons. The first-order valence-corrected chi connectivity index (χ1v) is 13.3. The van der Waals surface area contributed by atoms with E-state index in [1.807, 2.05) is 6.92 Å². The van der Waals surface area contributed by atoms with Gasteiger partial charge >= 0.3 is 5.97 Å². The van der Waals surface area contributed by atoms with Crippen LogP contribution in [0.15, 0.2) is 48.5 Å². The average Bonchev–Trinajstić information content (AvgIpc) is 2.91. The Morgan fingerprint density at radius 3 is 1.65 bits per heavy atom. The molecule has 0 spiro atoms. The second-order valence-electron chi connectivity index (χ2n) is 10.3. The number of phenols is 2. The molecule has 5 unspecified atom stereocenters. The van der Waals surface area contributed by atoms with Crippen molar-refractivity contribution in [1.29, 1.82) is 0 Å². The minimum Gasteiger partial charge on any atom is -0.508 e. The zero-order chi connectivity index (χ0) is 30.0. The summed E-state index contributed by atoms with van der Waals surface area (Å²) < 4.78 is 0. The van der Waals surface area contributed by atoms with Gasteiger partial charge in [0.2, 0.25) is 17.7 Å². The summed E-state index contributed by atoms with van der Waals surface area (Å²) in [5.41, 5.74) is 7.46. The van der Waals surface area contributed by atoms with Gasteiger partial charge in [-0.1, -0.05) is 58.4 Å². The van der Waals surface area contributed by atoms with Gasteiger partial charge in [0.1, 0.15) is 29.6 Å². The van der Waals surface area contributed by atoms with Crippen molar-refractivity contribution in [2.45, 2.75) is 71.1 Å². The molecule has 0 radical (unpaired) electrons. The number of carbonyl (C=O) groups is 4. The van der Waals surface area contributed by atoms with Crippen molar-refractivity contribution in [2.75, 3.05) is 0 Å². The molecule has 0 aromatic heterocycles. The van der Waals surface area contributed by atoms with Crippen LogP contribution in [0.25, 0.3) is 0 Å². The Hall–Kier alpha value is -4.12. The topological polar surface area (TPSA) is 191 Å². The van der Waals surface area contributed by atoms with E-state index in [2.05, 4.69) is 16.0 Å². The Morgan fingerprint density at radius 2 is 1.20 bits per heavy atom. The Labute approximate surface area is 234 Å². The van der Waals surface area contributed by atoms with Gasteiger partial charge in [0.15, 0.2) is 0 Å². The molecular weight excluding hydrogens is 516 g/mol. The van der Waals surface area contributed by atoms with E-state index in [9.17, 15) is 34.5 Å². The summed E-state index contributed by atoms with van der Waals surface area (Å²) in [6, 6.07) is 8.03. The molecule has 40 heavy (non-hydrogen) atoms. The summed E-state index contributed by atoms with van der Waals surface area (Å²) >= 11 is 0. The van der Waals surface area contributed by atoms with Crippen LogP contribution in [0.3, 0.4) is 0 Å². The van der Waals surface area contributed by atoms with E-state index < -0.39 is 53.8 Å². The van der Waals surface area contributed by atoms with Gasteiger partial charge in [-0.2, -0.15) is 0 Å². The minimum absolute atomic E-state index is 0.0177. The first-order chi connectivity index (χ1) is 18.8. The van der Waals surface area contributed by atoms with E-state index in [0.29, 0.717) is 12.0 Å². The predicted octanol–water partition coefficient (Wildman–Crippen LogP) is 1.45. The zero-order valence-electron chi connectivity index (χ0n) is 23.3. The van der Waals surface area contributed by atoms with Crippen LogP contribution in [0.2, 0.25) is 0 Å². The van der Waals surface area contributed by atoms with Gasteiger partial charge in [-0.05, 0) is 53.6 Å². The number of carbonyl (C=O) groups excluding carboxylic acids is 3. The summed E-state index contributed by atoms with van der Waals surface area (Å²) in [7, 11) is 0. The van der Waals surface area contributed by atoms with Gasteiger partial charge in [0.05, 0.1) is 6.04 Å². The van der Waals surface area contributed by atoms with Crippen LogP contribution in [0.5, 0.6) is 11.5 Å². The van der Waals surface area contributed by atoms with E-state index in [1.165, 1.54) is 24.3 Å². The monoisotopic (exact) mass is 556 g/mol. The highest BCUT2D eigenvalue weighted by Crippen LogP contribution is 2.15. The largest absolute Gasteiger partial charge is 0.508 e. The van der Waals surface area contributed by atoms with Crippen molar-refractivity contribution in [1.82, 2.24) is 16.0 Å². The maximum absolute atomic E-state index is 13.5. The van der Waals surface area contributed by atoms with Gasteiger partial charge in [-0.15, -0.1) is 0 Å². The minimum atomic E-state index is -1.20. The Balaban J connectivity index is 2.23. The van der Waals surface area contributed by atoms with Crippen LogP contribution >= 0.6 is 0 Å². The predicted molar refractivity (Wildman–Crippen MR) is 149 cm³/mol. The van der Waals surface area contributed by atoms with E-state index in [0.717, 1.165) is 5.56 Å². The molecule has 0 saturated heterocycles. The SMILES string of the molecule is CCC(C)C(NC(=O)C(N)Cc1ccc(O)cc1)C(=O)NC(Cc1ccc(O)cc1)C(=O)NC(C(=O)O)C(C)C. The van der Waals surface area contributed by atoms with Crippen molar-refractivity contribution < 1.29 is 34.5 Å². The summed E-state index contributed by atoms with van der Waals surface area (Å²) in [6.45, 7) is 6.95. The third-order valence-corrected chi connectivity index (χ3v) is 6.76. The fraction of sp³-hybridized carbons (Fsp3) is 0.448. The van der Waals surface area contributed by atoms with E-state index in [-0.39, 0.29) is 30.3 Å². The first-order valence-electron chi connectivity index (χ1n) is 13.3. The van der Waals surface area contributed by atoms with Crippen molar-refractivity contribution in [2.24, 2.45) is 17.6 Å². The molecule has 0 bridgehead atoms. The lowest BCUT2D eigenvalue weighted by molar-refractivity contribution is -0.143. The van der Waals surface area contributed by atoms with Crippen LogP contribution in [-0.2, 0) is 32.0 Å². The van der Waals surface area contributed by atoms with E-state index in [1.54, 1.807) is 45.0 Å². The molecule has 0 aliphatic heterocycles. The Bertz CT molecular complexity index is 1150. The summed E-state index contributed by atoms with van der Waals surface area (Å²) in [5, 5.41) is 36.5.